The van der Waals surface area contributed by atoms with Gasteiger partial charge in [-0.1, -0.05) is 30.3 Å². The van der Waals surface area contributed by atoms with Gasteiger partial charge in [-0.05, 0) is 11.6 Å². The molecule has 0 radical (unpaired) electrons. The van der Waals surface area contributed by atoms with E-state index in [1.165, 1.54) is 6.08 Å². The number of hydrogen-bond donors (Lipinski definition) is 2. The summed E-state index contributed by atoms with van der Waals surface area (Å²) in [6.45, 7) is 0. The van der Waals surface area contributed by atoms with E-state index in [4.69, 9.17) is 4.55 Å². The zero-order valence-electron chi connectivity index (χ0n) is 6.71. The predicted octanol–water partition coefficient (Wildman–Crippen LogP) is 1.05. The molecule has 0 fully saturated rings. The maximum Gasteiger partial charge on any atom is 0.357 e. The van der Waals surface area contributed by atoms with Crippen LogP contribution < -0.4 is 4.72 Å². The Balaban J connectivity index is 2.61. The number of benzene rings is 1. The summed E-state index contributed by atoms with van der Waals surface area (Å²) in [5.41, 5.74) is 0.846. The van der Waals surface area contributed by atoms with Gasteiger partial charge in [0, 0.05) is 6.20 Å². The second-order valence-electron chi connectivity index (χ2n) is 2.34. The highest BCUT2D eigenvalue weighted by molar-refractivity contribution is 7.83. The van der Waals surface area contributed by atoms with Gasteiger partial charge in [-0.15, -0.1) is 0 Å². The van der Waals surface area contributed by atoms with Gasteiger partial charge in [0.2, 0.25) is 0 Å². The van der Waals surface area contributed by atoms with Crippen molar-refractivity contribution in [3.05, 3.63) is 42.1 Å². The van der Waals surface area contributed by atoms with Crippen LogP contribution in [0.2, 0.25) is 0 Å². The molecule has 0 unspecified atom stereocenters. The summed E-state index contributed by atoms with van der Waals surface area (Å²) in [5.74, 6) is 0. The lowest BCUT2D eigenvalue weighted by atomic mass is 10.2. The third-order valence-electron chi connectivity index (χ3n) is 1.29. The highest BCUT2D eigenvalue weighted by Crippen LogP contribution is 1.99. The summed E-state index contributed by atoms with van der Waals surface area (Å²) in [5, 5.41) is 0. The van der Waals surface area contributed by atoms with E-state index in [0.29, 0.717) is 0 Å². The van der Waals surface area contributed by atoms with E-state index in [9.17, 15) is 8.42 Å². The first-order valence-electron chi connectivity index (χ1n) is 3.54. The molecule has 0 aliphatic carbocycles. The minimum atomic E-state index is -4.13. The molecule has 0 atom stereocenters. The molecule has 2 N–H and O–H groups in total. The van der Waals surface area contributed by atoms with Gasteiger partial charge in [0.15, 0.2) is 0 Å². The Morgan fingerprint density at radius 3 is 2.38 bits per heavy atom. The van der Waals surface area contributed by atoms with Gasteiger partial charge < -0.3 is 0 Å². The first kappa shape index (κ1) is 9.76. The van der Waals surface area contributed by atoms with E-state index in [2.05, 4.69) is 0 Å². The normalized spacial score (nSPS) is 11.8. The minimum absolute atomic E-state index is 0.846. The number of nitrogens with one attached hydrogen (secondary N) is 1. The first-order valence-corrected chi connectivity index (χ1v) is 4.98. The monoisotopic (exact) mass is 199 g/mol. The minimum Gasteiger partial charge on any atom is -0.269 e. The van der Waals surface area contributed by atoms with Crippen molar-refractivity contribution >= 4 is 16.4 Å². The molecular weight excluding hydrogens is 190 g/mol. The molecule has 0 aliphatic heterocycles. The highest BCUT2D eigenvalue weighted by atomic mass is 32.2. The molecule has 0 aromatic heterocycles. The smallest absolute Gasteiger partial charge is 0.269 e. The first-order chi connectivity index (χ1) is 6.08. The third-order valence-corrected chi connectivity index (χ3v) is 1.73. The van der Waals surface area contributed by atoms with Crippen LogP contribution in [-0.4, -0.2) is 13.0 Å². The van der Waals surface area contributed by atoms with E-state index >= 15 is 0 Å². The molecule has 0 saturated carbocycles. The van der Waals surface area contributed by atoms with Crippen LogP contribution in [0.1, 0.15) is 5.56 Å². The topological polar surface area (TPSA) is 66.4 Å². The summed E-state index contributed by atoms with van der Waals surface area (Å²) < 4.78 is 30.6. The van der Waals surface area contributed by atoms with Gasteiger partial charge in [0.1, 0.15) is 0 Å². The van der Waals surface area contributed by atoms with Crippen molar-refractivity contribution in [2.75, 3.05) is 0 Å². The molecule has 0 spiro atoms. The van der Waals surface area contributed by atoms with Crippen molar-refractivity contribution in [3.8, 4) is 0 Å². The molecule has 4 nitrogen and oxygen atoms in total. The van der Waals surface area contributed by atoms with Crippen LogP contribution in [0.4, 0.5) is 0 Å². The number of rotatable bonds is 3. The fourth-order valence-electron chi connectivity index (χ4n) is 0.780. The summed E-state index contributed by atoms with van der Waals surface area (Å²) >= 11 is 0. The van der Waals surface area contributed by atoms with Crippen molar-refractivity contribution in [2.24, 2.45) is 0 Å². The molecule has 0 heterocycles. The van der Waals surface area contributed by atoms with Crippen LogP contribution in [0.3, 0.4) is 0 Å². The Morgan fingerprint density at radius 2 is 1.85 bits per heavy atom. The maximum absolute atomic E-state index is 10.2. The summed E-state index contributed by atoms with van der Waals surface area (Å²) in [6.07, 6.45) is 2.69. The van der Waals surface area contributed by atoms with E-state index in [0.717, 1.165) is 11.8 Å². The summed E-state index contributed by atoms with van der Waals surface area (Å²) in [6, 6.07) is 9.12. The van der Waals surface area contributed by atoms with Crippen molar-refractivity contribution in [3.63, 3.8) is 0 Å². The van der Waals surface area contributed by atoms with Gasteiger partial charge in [-0.3, -0.25) is 9.27 Å². The van der Waals surface area contributed by atoms with Gasteiger partial charge >= 0.3 is 10.3 Å². The molecule has 1 aromatic rings. The Bertz CT molecular complexity index is 383. The molecule has 0 bridgehead atoms. The summed E-state index contributed by atoms with van der Waals surface area (Å²) in [4.78, 5) is 0. The molecule has 0 aliphatic rings. The Morgan fingerprint density at radius 1 is 1.23 bits per heavy atom. The van der Waals surface area contributed by atoms with Gasteiger partial charge in [0.05, 0.1) is 0 Å². The largest absolute Gasteiger partial charge is 0.357 e. The molecule has 13 heavy (non-hydrogen) atoms. The lowest BCUT2D eigenvalue weighted by Crippen LogP contribution is -2.15. The van der Waals surface area contributed by atoms with Gasteiger partial charge in [0.25, 0.3) is 0 Å². The summed E-state index contributed by atoms with van der Waals surface area (Å²) in [7, 11) is -4.13. The molecule has 1 aromatic carbocycles. The Kier molecular flexibility index (Phi) is 3.05. The quantitative estimate of drug-likeness (QED) is 0.715. The molecule has 0 amide bonds. The fraction of sp³-hybridized carbons (Fsp3) is 0. The van der Waals surface area contributed by atoms with Crippen molar-refractivity contribution < 1.29 is 13.0 Å². The molecule has 0 saturated heterocycles. The standard InChI is InChI=1S/C8H9NO3S/c10-13(11,12)9-7-6-8-4-2-1-3-5-8/h1-7,9H,(H,10,11,12)/b7-6+. The second kappa shape index (κ2) is 4.06. The van der Waals surface area contributed by atoms with Crippen LogP contribution in [0.25, 0.3) is 6.08 Å². The van der Waals surface area contributed by atoms with Crippen molar-refractivity contribution in [1.29, 1.82) is 0 Å². The van der Waals surface area contributed by atoms with Crippen molar-refractivity contribution in [1.82, 2.24) is 4.72 Å². The van der Waals surface area contributed by atoms with E-state index in [1.807, 2.05) is 35.1 Å². The van der Waals surface area contributed by atoms with Gasteiger partial charge in [-0.2, -0.15) is 8.42 Å². The Labute approximate surface area is 76.8 Å². The number of hydrogen-bond acceptors (Lipinski definition) is 2. The zero-order chi connectivity index (χ0) is 9.73. The lowest BCUT2D eigenvalue weighted by molar-refractivity contribution is 0.476. The molecule has 70 valence electrons. The maximum atomic E-state index is 10.2. The van der Waals surface area contributed by atoms with Crippen LogP contribution in [-0.2, 0) is 10.3 Å². The average molecular weight is 199 g/mol. The molecule has 1 rings (SSSR count). The third kappa shape index (κ3) is 4.29. The van der Waals surface area contributed by atoms with Crippen LogP contribution in [0.5, 0.6) is 0 Å². The van der Waals surface area contributed by atoms with E-state index in [-0.39, 0.29) is 0 Å². The van der Waals surface area contributed by atoms with Gasteiger partial charge in [-0.25, -0.2) is 0 Å². The van der Waals surface area contributed by atoms with Crippen LogP contribution in [0.15, 0.2) is 36.5 Å². The average Bonchev–Trinajstić information content (AvgIpc) is 2.04. The Hall–Kier alpha value is -1.33. The van der Waals surface area contributed by atoms with E-state index in [1.54, 1.807) is 0 Å². The predicted molar refractivity (Wildman–Crippen MR) is 50.2 cm³/mol. The SMILES string of the molecule is O=S(=O)(O)N/C=C/c1ccccc1. The second-order valence-corrected chi connectivity index (χ2v) is 3.52. The molecular formula is C8H9NO3S. The molecule has 5 heteroatoms. The van der Waals surface area contributed by atoms with Crippen molar-refractivity contribution in [2.45, 2.75) is 0 Å². The highest BCUT2D eigenvalue weighted by Gasteiger charge is 1.95. The fourth-order valence-corrected chi connectivity index (χ4v) is 1.02. The van der Waals surface area contributed by atoms with E-state index < -0.39 is 10.3 Å². The lowest BCUT2D eigenvalue weighted by Gasteiger charge is -1.93. The van der Waals surface area contributed by atoms with Crippen LogP contribution in [0, 0.1) is 0 Å². The zero-order valence-corrected chi connectivity index (χ0v) is 7.53. The van der Waals surface area contributed by atoms with Crippen LogP contribution >= 0.6 is 0 Å².